The molecule has 0 aliphatic carbocycles. The number of rotatable bonds is 1. The van der Waals surface area contributed by atoms with Crippen molar-refractivity contribution in [3.05, 3.63) is 29.3 Å². The van der Waals surface area contributed by atoms with E-state index >= 15 is 0 Å². The van der Waals surface area contributed by atoms with Gasteiger partial charge in [0.25, 0.3) is 0 Å². The first-order chi connectivity index (χ1) is 7.23. The van der Waals surface area contributed by atoms with Crippen LogP contribution >= 0.6 is 0 Å². The minimum absolute atomic E-state index is 0.119. The van der Waals surface area contributed by atoms with Crippen LogP contribution < -0.4 is 4.90 Å². The van der Waals surface area contributed by atoms with Gasteiger partial charge in [-0.15, -0.1) is 0 Å². The number of anilines is 1. The molecular weight excluding hydrogens is 196 g/mol. The number of nitrogens with zero attached hydrogens (tertiary/aromatic N) is 1. The third-order valence-corrected chi connectivity index (χ3v) is 2.76. The van der Waals surface area contributed by atoms with Crippen molar-refractivity contribution in [2.75, 3.05) is 11.9 Å². The van der Waals surface area contributed by atoms with Crippen molar-refractivity contribution in [2.24, 2.45) is 5.41 Å². The van der Waals surface area contributed by atoms with Gasteiger partial charge in [-0.3, -0.25) is 5.41 Å². The summed E-state index contributed by atoms with van der Waals surface area (Å²) in [6, 6.07) is 6.33. The van der Waals surface area contributed by atoms with E-state index < -0.39 is 0 Å². The second-order valence-electron chi connectivity index (χ2n) is 5.45. The van der Waals surface area contributed by atoms with E-state index in [2.05, 4.69) is 52.8 Å². The Labute approximate surface area is 98.8 Å². The second-order valence-corrected chi connectivity index (χ2v) is 5.45. The van der Waals surface area contributed by atoms with Crippen LogP contribution in [-0.4, -0.2) is 12.9 Å². The molecular formula is C14H22N2. The first kappa shape index (κ1) is 12.8. The molecule has 0 amide bonds. The van der Waals surface area contributed by atoms with E-state index in [1.165, 1.54) is 11.1 Å². The maximum atomic E-state index is 8.16. The fraction of sp³-hybridized carbons (Fsp3) is 0.500. The van der Waals surface area contributed by atoms with E-state index in [1.54, 1.807) is 0 Å². The monoisotopic (exact) mass is 218 g/mol. The summed E-state index contributed by atoms with van der Waals surface area (Å²) in [6.07, 6.45) is 0. The van der Waals surface area contributed by atoms with Crippen LogP contribution in [0.3, 0.4) is 0 Å². The molecule has 0 atom stereocenters. The maximum absolute atomic E-state index is 8.16. The van der Waals surface area contributed by atoms with Gasteiger partial charge in [-0.2, -0.15) is 0 Å². The van der Waals surface area contributed by atoms with Gasteiger partial charge in [-0.25, -0.2) is 0 Å². The van der Waals surface area contributed by atoms with E-state index in [4.69, 9.17) is 5.41 Å². The molecule has 0 fully saturated rings. The smallest absolute Gasteiger partial charge is 0.105 e. The van der Waals surface area contributed by atoms with Crippen molar-refractivity contribution in [3.63, 3.8) is 0 Å². The van der Waals surface area contributed by atoms with Gasteiger partial charge in [0, 0.05) is 18.2 Å². The Bertz CT molecular complexity index is 400. The zero-order valence-electron chi connectivity index (χ0n) is 11.2. The van der Waals surface area contributed by atoms with Crippen LogP contribution in [0.25, 0.3) is 0 Å². The summed E-state index contributed by atoms with van der Waals surface area (Å²) in [5.74, 6) is 0.638. The fourth-order valence-electron chi connectivity index (χ4n) is 1.81. The van der Waals surface area contributed by atoms with Crippen molar-refractivity contribution in [1.29, 1.82) is 5.41 Å². The second kappa shape index (κ2) is 4.28. The van der Waals surface area contributed by atoms with Gasteiger partial charge in [0.2, 0.25) is 0 Å². The summed E-state index contributed by atoms with van der Waals surface area (Å²) in [5.41, 5.74) is 3.48. The quantitative estimate of drug-likeness (QED) is 0.564. The first-order valence-electron chi connectivity index (χ1n) is 5.63. The SMILES string of the molecule is Cc1ccc(N(C)C(=N)C(C)(C)C)c(C)c1. The highest BCUT2D eigenvalue weighted by Gasteiger charge is 2.22. The Morgan fingerprint density at radius 2 is 1.75 bits per heavy atom. The standard InChI is InChI=1S/C14H22N2/c1-10-7-8-12(11(2)9-10)16(6)13(15)14(3,4)5/h7-9,15H,1-6H3. The van der Waals surface area contributed by atoms with Crippen molar-refractivity contribution < 1.29 is 0 Å². The summed E-state index contributed by atoms with van der Waals surface area (Å²) < 4.78 is 0. The van der Waals surface area contributed by atoms with E-state index in [9.17, 15) is 0 Å². The number of hydrogen-bond donors (Lipinski definition) is 1. The average molecular weight is 218 g/mol. The van der Waals surface area contributed by atoms with Gasteiger partial charge in [-0.1, -0.05) is 38.5 Å². The Hall–Kier alpha value is -1.31. The predicted octanol–water partition coefficient (Wildman–Crippen LogP) is 3.76. The van der Waals surface area contributed by atoms with Crippen LogP contribution in [0.4, 0.5) is 5.69 Å². The van der Waals surface area contributed by atoms with Gasteiger partial charge >= 0.3 is 0 Å². The van der Waals surface area contributed by atoms with Gasteiger partial charge in [-0.05, 0) is 25.5 Å². The van der Waals surface area contributed by atoms with Crippen molar-refractivity contribution >= 4 is 11.5 Å². The van der Waals surface area contributed by atoms with Gasteiger partial charge < -0.3 is 4.90 Å². The van der Waals surface area contributed by atoms with E-state index in [1.807, 2.05) is 11.9 Å². The number of nitrogens with one attached hydrogen (secondary N) is 1. The molecule has 0 bridgehead atoms. The Kier molecular flexibility index (Phi) is 3.41. The Morgan fingerprint density at radius 1 is 1.19 bits per heavy atom. The molecule has 0 unspecified atom stereocenters. The third-order valence-electron chi connectivity index (χ3n) is 2.76. The highest BCUT2D eigenvalue weighted by Crippen LogP contribution is 2.25. The highest BCUT2D eigenvalue weighted by atomic mass is 15.2. The van der Waals surface area contributed by atoms with Crippen LogP contribution in [0.2, 0.25) is 0 Å². The molecule has 0 saturated carbocycles. The lowest BCUT2D eigenvalue weighted by atomic mass is 9.93. The summed E-state index contributed by atoms with van der Waals surface area (Å²) in [5, 5.41) is 8.16. The largest absolute Gasteiger partial charge is 0.333 e. The van der Waals surface area contributed by atoms with Crippen LogP contribution in [0.15, 0.2) is 18.2 Å². The molecule has 1 aromatic rings. The molecule has 0 heterocycles. The predicted molar refractivity (Wildman–Crippen MR) is 71.5 cm³/mol. The summed E-state index contributed by atoms with van der Waals surface area (Å²) in [4.78, 5) is 1.97. The topological polar surface area (TPSA) is 27.1 Å². The lowest BCUT2D eigenvalue weighted by molar-refractivity contribution is 0.576. The minimum atomic E-state index is -0.119. The molecule has 0 aliphatic heterocycles. The Balaban J connectivity index is 3.06. The normalized spacial score (nSPS) is 11.4. The van der Waals surface area contributed by atoms with Crippen molar-refractivity contribution in [1.82, 2.24) is 0 Å². The molecule has 0 saturated heterocycles. The summed E-state index contributed by atoms with van der Waals surface area (Å²) in [6.45, 7) is 10.4. The van der Waals surface area contributed by atoms with Crippen LogP contribution in [0.1, 0.15) is 31.9 Å². The molecule has 16 heavy (non-hydrogen) atoms. The van der Waals surface area contributed by atoms with Crippen LogP contribution in [0, 0.1) is 24.7 Å². The van der Waals surface area contributed by atoms with Gasteiger partial charge in [0.15, 0.2) is 0 Å². The molecule has 1 aromatic carbocycles. The zero-order valence-corrected chi connectivity index (χ0v) is 11.2. The van der Waals surface area contributed by atoms with Crippen LogP contribution in [0.5, 0.6) is 0 Å². The fourth-order valence-corrected chi connectivity index (χ4v) is 1.81. The lowest BCUT2D eigenvalue weighted by Crippen LogP contribution is -2.36. The number of benzene rings is 1. The van der Waals surface area contributed by atoms with Crippen molar-refractivity contribution in [2.45, 2.75) is 34.6 Å². The average Bonchev–Trinajstić information content (AvgIpc) is 2.14. The van der Waals surface area contributed by atoms with E-state index in [0.717, 1.165) is 5.69 Å². The summed E-state index contributed by atoms with van der Waals surface area (Å²) in [7, 11) is 1.96. The molecule has 0 radical (unpaired) electrons. The summed E-state index contributed by atoms with van der Waals surface area (Å²) >= 11 is 0. The molecule has 88 valence electrons. The zero-order chi connectivity index (χ0) is 12.5. The molecule has 0 spiro atoms. The molecule has 0 aliphatic rings. The number of aryl methyl sites for hydroxylation is 2. The van der Waals surface area contributed by atoms with Gasteiger partial charge in [0.05, 0.1) is 0 Å². The highest BCUT2D eigenvalue weighted by molar-refractivity contribution is 5.99. The molecule has 1 N–H and O–H groups in total. The van der Waals surface area contributed by atoms with E-state index in [0.29, 0.717) is 5.84 Å². The van der Waals surface area contributed by atoms with Crippen LogP contribution in [-0.2, 0) is 0 Å². The van der Waals surface area contributed by atoms with E-state index in [-0.39, 0.29) is 5.41 Å². The Morgan fingerprint density at radius 3 is 2.19 bits per heavy atom. The first-order valence-corrected chi connectivity index (χ1v) is 5.63. The maximum Gasteiger partial charge on any atom is 0.105 e. The molecule has 2 nitrogen and oxygen atoms in total. The lowest BCUT2D eigenvalue weighted by Gasteiger charge is -2.30. The van der Waals surface area contributed by atoms with Crippen molar-refractivity contribution in [3.8, 4) is 0 Å². The molecule has 0 aromatic heterocycles. The third kappa shape index (κ3) is 2.63. The number of hydrogen-bond acceptors (Lipinski definition) is 1. The molecule has 2 heteroatoms. The van der Waals surface area contributed by atoms with Gasteiger partial charge in [0.1, 0.15) is 5.84 Å². The number of amidine groups is 1. The molecule has 1 rings (SSSR count). The minimum Gasteiger partial charge on any atom is -0.333 e.